The van der Waals surface area contributed by atoms with Crippen LogP contribution in [0.2, 0.25) is 5.02 Å². The number of nitrogens with one attached hydrogen (secondary N) is 2. The van der Waals surface area contributed by atoms with Crippen molar-refractivity contribution in [3.63, 3.8) is 0 Å². The van der Waals surface area contributed by atoms with Gasteiger partial charge < -0.3 is 15.4 Å². The number of carbonyl (C=O) groups excluding carboxylic acids is 3. The van der Waals surface area contributed by atoms with Crippen molar-refractivity contribution >= 4 is 40.7 Å². The van der Waals surface area contributed by atoms with E-state index >= 15 is 0 Å². The van der Waals surface area contributed by atoms with Crippen molar-refractivity contribution in [1.82, 2.24) is 10.6 Å². The van der Waals surface area contributed by atoms with Gasteiger partial charge in [0.2, 0.25) is 0 Å². The van der Waals surface area contributed by atoms with Gasteiger partial charge in [0, 0.05) is 28.9 Å². The first kappa shape index (κ1) is 20.9. The van der Waals surface area contributed by atoms with Crippen molar-refractivity contribution in [1.29, 1.82) is 0 Å². The minimum atomic E-state index is -0.478. The number of esters is 1. The molecular weight excluding hydrogens is 388 g/mol. The van der Waals surface area contributed by atoms with Crippen LogP contribution in [0.4, 0.5) is 0 Å². The zero-order chi connectivity index (χ0) is 19.6. The molecule has 1 unspecified atom stereocenters. The van der Waals surface area contributed by atoms with Crippen molar-refractivity contribution in [3.05, 3.63) is 57.2 Å². The number of rotatable bonds is 9. The topological polar surface area (TPSA) is 84.5 Å². The first-order valence-corrected chi connectivity index (χ1v) is 9.78. The van der Waals surface area contributed by atoms with Gasteiger partial charge in [-0.2, -0.15) is 11.3 Å². The van der Waals surface area contributed by atoms with E-state index < -0.39 is 5.97 Å². The third-order valence-electron chi connectivity index (χ3n) is 3.74. The molecule has 6 nitrogen and oxygen atoms in total. The van der Waals surface area contributed by atoms with Crippen LogP contribution in [0, 0.1) is 0 Å². The zero-order valence-corrected chi connectivity index (χ0v) is 16.4. The summed E-state index contributed by atoms with van der Waals surface area (Å²) in [5.41, 5.74) is 1.51. The summed E-state index contributed by atoms with van der Waals surface area (Å²) in [6, 6.07) is 8.65. The Labute approximate surface area is 166 Å². The van der Waals surface area contributed by atoms with Gasteiger partial charge in [0.15, 0.2) is 6.61 Å². The molecule has 144 valence electrons. The molecule has 8 heteroatoms. The molecule has 2 rings (SSSR count). The Kier molecular flexibility index (Phi) is 8.29. The van der Waals surface area contributed by atoms with Gasteiger partial charge in [-0.05, 0) is 42.5 Å². The Morgan fingerprint density at radius 3 is 2.59 bits per heavy atom. The standard InChI is InChI=1S/C19H21ClN2O4S/c1-13(14-4-6-16(20)7-5-14)22-17(23)11-26-18(24)3-2-9-21-19(25)15-8-10-27-12-15/h4-8,10,12-13H,2-3,9,11H2,1H3,(H,21,25)(H,22,23). The van der Waals surface area contributed by atoms with Gasteiger partial charge >= 0.3 is 5.97 Å². The van der Waals surface area contributed by atoms with Crippen molar-refractivity contribution in [2.45, 2.75) is 25.8 Å². The van der Waals surface area contributed by atoms with Crippen molar-refractivity contribution in [2.75, 3.05) is 13.2 Å². The third kappa shape index (κ3) is 7.40. The molecule has 27 heavy (non-hydrogen) atoms. The second-order valence-electron chi connectivity index (χ2n) is 5.87. The second-order valence-corrected chi connectivity index (χ2v) is 7.09. The molecule has 0 aliphatic rings. The fraction of sp³-hybridized carbons (Fsp3) is 0.316. The molecule has 0 saturated heterocycles. The largest absolute Gasteiger partial charge is 0.456 e. The quantitative estimate of drug-likeness (QED) is 0.492. The number of ether oxygens (including phenoxy) is 1. The number of benzene rings is 1. The molecule has 0 radical (unpaired) electrons. The average molecular weight is 409 g/mol. The van der Waals surface area contributed by atoms with Crippen molar-refractivity contribution in [3.8, 4) is 0 Å². The van der Waals surface area contributed by atoms with E-state index in [1.807, 2.05) is 24.4 Å². The van der Waals surface area contributed by atoms with E-state index in [-0.39, 0.29) is 30.9 Å². The maximum Gasteiger partial charge on any atom is 0.306 e. The van der Waals surface area contributed by atoms with Crippen LogP contribution in [0.1, 0.15) is 41.7 Å². The molecule has 0 aliphatic carbocycles. The Bertz CT molecular complexity index is 763. The Hall–Kier alpha value is -2.38. The van der Waals surface area contributed by atoms with Crippen molar-refractivity contribution in [2.24, 2.45) is 0 Å². The van der Waals surface area contributed by atoms with Gasteiger partial charge in [0.25, 0.3) is 11.8 Å². The highest BCUT2D eigenvalue weighted by molar-refractivity contribution is 7.08. The van der Waals surface area contributed by atoms with E-state index in [9.17, 15) is 14.4 Å². The lowest BCUT2D eigenvalue weighted by Gasteiger charge is -2.14. The van der Waals surface area contributed by atoms with Gasteiger partial charge in [-0.3, -0.25) is 14.4 Å². The van der Waals surface area contributed by atoms with E-state index in [1.54, 1.807) is 23.6 Å². The van der Waals surface area contributed by atoms with Crippen LogP contribution >= 0.6 is 22.9 Å². The number of amides is 2. The molecule has 0 bridgehead atoms. The zero-order valence-electron chi connectivity index (χ0n) is 14.9. The van der Waals surface area contributed by atoms with Crippen LogP contribution in [0.25, 0.3) is 0 Å². The van der Waals surface area contributed by atoms with Crippen LogP contribution in [-0.2, 0) is 14.3 Å². The molecule has 1 aromatic carbocycles. The second kappa shape index (κ2) is 10.7. The predicted octanol–water partition coefficient (Wildman–Crippen LogP) is 3.33. The van der Waals surface area contributed by atoms with E-state index in [1.165, 1.54) is 11.3 Å². The first-order valence-electron chi connectivity index (χ1n) is 8.46. The summed E-state index contributed by atoms with van der Waals surface area (Å²) < 4.78 is 4.96. The summed E-state index contributed by atoms with van der Waals surface area (Å²) in [7, 11) is 0. The summed E-state index contributed by atoms with van der Waals surface area (Å²) in [5.74, 6) is -1.02. The highest BCUT2D eigenvalue weighted by Crippen LogP contribution is 2.15. The fourth-order valence-electron chi connectivity index (χ4n) is 2.27. The molecule has 2 amide bonds. The van der Waals surface area contributed by atoms with Crippen LogP contribution < -0.4 is 10.6 Å². The maximum atomic E-state index is 11.9. The minimum absolute atomic E-state index is 0.129. The van der Waals surface area contributed by atoms with Crippen molar-refractivity contribution < 1.29 is 19.1 Å². The van der Waals surface area contributed by atoms with Crippen LogP contribution in [-0.4, -0.2) is 30.9 Å². The molecule has 0 aliphatic heterocycles. The van der Waals surface area contributed by atoms with Gasteiger partial charge in [-0.15, -0.1) is 0 Å². The molecule has 1 aromatic heterocycles. The van der Waals surface area contributed by atoms with Gasteiger partial charge in [-0.1, -0.05) is 23.7 Å². The molecule has 1 atom stereocenters. The van der Waals surface area contributed by atoms with Gasteiger partial charge in [0.05, 0.1) is 6.04 Å². The van der Waals surface area contributed by atoms with E-state index in [2.05, 4.69) is 10.6 Å². The smallest absolute Gasteiger partial charge is 0.306 e. The van der Waals surface area contributed by atoms with Crippen LogP contribution in [0.5, 0.6) is 0 Å². The highest BCUT2D eigenvalue weighted by Gasteiger charge is 2.12. The summed E-state index contributed by atoms with van der Waals surface area (Å²) in [6.45, 7) is 1.86. The lowest BCUT2D eigenvalue weighted by Crippen LogP contribution is -2.31. The number of halogens is 1. The normalized spacial score (nSPS) is 11.5. The summed E-state index contributed by atoms with van der Waals surface area (Å²) in [6.07, 6.45) is 0.571. The van der Waals surface area contributed by atoms with Crippen LogP contribution in [0.15, 0.2) is 41.1 Å². The van der Waals surface area contributed by atoms with E-state index in [4.69, 9.17) is 16.3 Å². The van der Waals surface area contributed by atoms with E-state index in [0.29, 0.717) is 23.6 Å². The fourth-order valence-corrected chi connectivity index (χ4v) is 3.03. The van der Waals surface area contributed by atoms with Crippen LogP contribution in [0.3, 0.4) is 0 Å². The highest BCUT2D eigenvalue weighted by atomic mass is 35.5. The maximum absolute atomic E-state index is 11.9. The van der Waals surface area contributed by atoms with Gasteiger partial charge in [-0.25, -0.2) is 0 Å². The Balaban J connectivity index is 1.59. The number of carbonyl (C=O) groups is 3. The minimum Gasteiger partial charge on any atom is -0.456 e. The number of hydrogen-bond donors (Lipinski definition) is 2. The lowest BCUT2D eigenvalue weighted by atomic mass is 10.1. The lowest BCUT2D eigenvalue weighted by molar-refractivity contribution is -0.148. The van der Waals surface area contributed by atoms with E-state index in [0.717, 1.165) is 5.56 Å². The summed E-state index contributed by atoms with van der Waals surface area (Å²) in [4.78, 5) is 35.3. The monoisotopic (exact) mass is 408 g/mol. The average Bonchev–Trinajstić information content (AvgIpc) is 3.18. The first-order chi connectivity index (χ1) is 13.0. The SMILES string of the molecule is CC(NC(=O)COC(=O)CCCNC(=O)c1ccsc1)c1ccc(Cl)cc1. The molecule has 2 aromatic rings. The summed E-state index contributed by atoms with van der Waals surface area (Å²) >= 11 is 7.28. The molecule has 0 fully saturated rings. The Morgan fingerprint density at radius 1 is 1.19 bits per heavy atom. The molecule has 0 saturated carbocycles. The Morgan fingerprint density at radius 2 is 1.93 bits per heavy atom. The predicted molar refractivity (Wildman–Crippen MR) is 105 cm³/mol. The number of hydrogen-bond acceptors (Lipinski definition) is 5. The molecule has 2 N–H and O–H groups in total. The van der Waals surface area contributed by atoms with Gasteiger partial charge in [0.1, 0.15) is 0 Å². The summed E-state index contributed by atoms with van der Waals surface area (Å²) in [5, 5.41) is 9.68. The molecule has 0 spiro atoms. The molecule has 1 heterocycles. The third-order valence-corrected chi connectivity index (χ3v) is 4.67. The molecular formula is C19H21ClN2O4S. The number of thiophene rings is 1.